The fraction of sp³-hybridized carbons (Fsp3) is 0.0417. The van der Waals surface area contributed by atoms with E-state index in [9.17, 15) is 10.2 Å². The van der Waals surface area contributed by atoms with Crippen LogP contribution in [0.25, 0.3) is 124 Å². The van der Waals surface area contributed by atoms with Gasteiger partial charge in [-0.3, -0.25) is 0 Å². The Morgan fingerprint density at radius 3 is 0.974 bits per heavy atom. The van der Waals surface area contributed by atoms with Crippen molar-refractivity contribution in [2.75, 3.05) is 22.8 Å². The first-order chi connectivity index (χ1) is 56.2. The SMILES string of the molecule is Cc1ccc(-c2nnc(-c3cccc(-c4nnc(-c5ccc(C)cc5)o4)c3)o2)cc1.Oc1ccccc1-c1nc2ccccc2o1.Oc1ccccc1-c1nc2ccccc2o1.[B]1CO1.[B]1CO1.[Zn].[Zn].c1ccc(N(c2ccc(-c3ccc(N(c4ccccc4)c4cccc5ccccc45)cc3)cc2)c2cccc3ccccc23)cc1. The van der Waals surface area contributed by atoms with Crippen molar-refractivity contribution in [2.45, 2.75) is 13.8 Å². The maximum absolute atomic E-state index is 9.69. The molecule has 4 aromatic heterocycles. The number of phenolic OH excluding ortho intramolecular Hbond substituents is 2. The van der Waals surface area contributed by atoms with Gasteiger partial charge in [0.1, 0.15) is 22.5 Å². The van der Waals surface area contributed by atoms with Crippen molar-refractivity contribution in [3.63, 3.8) is 0 Å². The van der Waals surface area contributed by atoms with Gasteiger partial charge in [0.05, 0.1) is 22.5 Å². The number of para-hydroxylation sites is 8. The number of aromatic nitrogens is 6. The summed E-state index contributed by atoms with van der Waals surface area (Å²) in [6.45, 7) is 5.83. The molecule has 20 heteroatoms. The number of oxazole rings is 2. The van der Waals surface area contributed by atoms with Crippen molar-refractivity contribution in [1.29, 1.82) is 0 Å². The average Bonchev–Trinajstić information content (AvgIpc) is 1.44. The first-order valence-electron chi connectivity index (χ1n) is 37.1. The summed E-state index contributed by atoms with van der Waals surface area (Å²) in [5.74, 6) is 3.07. The molecule has 2 N–H and O–H groups in total. The molecular formula is C96H72B2N8O8Zn2. The number of aryl methyl sites for hydroxylation is 2. The van der Waals surface area contributed by atoms with Gasteiger partial charge in [0.15, 0.2) is 11.2 Å². The topological polar surface area (TPSA) is 202 Å². The van der Waals surface area contributed by atoms with E-state index in [1.807, 2.05) is 147 Å². The standard InChI is InChI=1S/C44H32N2.C24H18N4O2.2C13H9NO2.2CH2BO.2Zn/c1-3-17-37(18-4-1)45(43-23-11-15-35-13-7-9-21-41(35)43)39-29-25-33(26-30-39)34-27-31-40(32-28-34)46(38-19-5-2-6-20-38)44-24-12-16-36-14-8-10-22-42(36)44;1-15-6-10-17(11-7-15)21-25-27-23(29-21)19-4-3-5-20(14-19)24-28-26-22(30-24)18-12-8-16(2)9-13-18;2*15-11-7-3-1-5-9(11)13-14-10-6-2-4-8-12(10)16-13;2*1-2-3-1;;/h1-32H;3-14H,1-2H3;2*1-8,15H;2*1H2;;. The zero-order chi connectivity index (χ0) is 77.4. The third kappa shape index (κ3) is 19.4. The molecule has 0 atom stereocenters. The molecule has 554 valence electrons. The number of fused-ring (bicyclic) bond motifs is 4. The van der Waals surface area contributed by atoms with E-state index in [4.69, 9.17) is 17.7 Å². The molecule has 0 saturated carbocycles. The van der Waals surface area contributed by atoms with Gasteiger partial charge in [-0.05, 0) is 187 Å². The molecule has 0 bridgehead atoms. The number of rotatable bonds is 13. The van der Waals surface area contributed by atoms with Crippen LogP contribution >= 0.6 is 0 Å². The summed E-state index contributed by atoms with van der Waals surface area (Å²) in [5, 5.41) is 41.0. The number of benzene rings is 15. The van der Waals surface area contributed by atoms with Gasteiger partial charge in [0, 0.05) is 108 Å². The predicted octanol–water partition coefficient (Wildman–Crippen LogP) is 23.9. The van der Waals surface area contributed by atoms with Crippen molar-refractivity contribution < 1.29 is 76.1 Å². The van der Waals surface area contributed by atoms with E-state index in [0.29, 0.717) is 46.5 Å². The van der Waals surface area contributed by atoms with Crippen LogP contribution in [0.3, 0.4) is 0 Å². The molecule has 0 aliphatic carbocycles. The van der Waals surface area contributed by atoms with E-state index in [1.165, 1.54) is 43.8 Å². The Hall–Kier alpha value is -13.5. The van der Waals surface area contributed by atoms with Crippen molar-refractivity contribution in [2.24, 2.45) is 0 Å². The summed E-state index contributed by atoms with van der Waals surface area (Å²) in [5.41, 5.74) is 19.1. The second-order valence-corrected chi connectivity index (χ2v) is 26.6. The molecule has 0 amide bonds. The summed E-state index contributed by atoms with van der Waals surface area (Å²) in [4.78, 5) is 13.3. The van der Waals surface area contributed by atoms with E-state index in [-0.39, 0.29) is 50.5 Å². The Kier molecular flexibility index (Phi) is 25.9. The molecule has 0 unspecified atom stereocenters. The predicted molar refractivity (Wildman–Crippen MR) is 455 cm³/mol. The Labute approximate surface area is 697 Å². The van der Waals surface area contributed by atoms with Crippen LogP contribution in [0, 0.1) is 13.8 Å². The summed E-state index contributed by atoms with van der Waals surface area (Å²) < 4.78 is 31.6. The maximum Gasteiger partial charge on any atom is 0.317 e. The number of nitrogens with zero attached hydrogens (tertiary/aromatic N) is 8. The molecule has 15 aromatic carbocycles. The van der Waals surface area contributed by atoms with Gasteiger partial charge < -0.3 is 47.0 Å². The maximum atomic E-state index is 9.69. The van der Waals surface area contributed by atoms with Crippen molar-refractivity contribution in [3.8, 4) is 91.4 Å². The van der Waals surface area contributed by atoms with Crippen LogP contribution in [0.5, 0.6) is 11.5 Å². The molecule has 2 aliphatic heterocycles. The van der Waals surface area contributed by atoms with Crippen LogP contribution in [0.1, 0.15) is 11.1 Å². The Morgan fingerprint density at radius 1 is 0.284 bits per heavy atom. The molecular weight excluding hydrogens is 1550 g/mol. The van der Waals surface area contributed by atoms with Crippen molar-refractivity contribution in [3.05, 3.63) is 375 Å². The van der Waals surface area contributed by atoms with Crippen LogP contribution in [-0.2, 0) is 48.3 Å². The minimum Gasteiger partial charge on any atom is -0.507 e. The smallest absolute Gasteiger partial charge is 0.317 e. The fourth-order valence-electron chi connectivity index (χ4n) is 12.8. The third-order valence-corrected chi connectivity index (χ3v) is 18.6. The normalized spacial score (nSPS) is 11.3. The van der Waals surface area contributed by atoms with Gasteiger partial charge in [0.2, 0.25) is 35.3 Å². The van der Waals surface area contributed by atoms with E-state index >= 15 is 0 Å². The Balaban J connectivity index is 0.000000135. The van der Waals surface area contributed by atoms with Crippen LogP contribution in [0.2, 0.25) is 0 Å². The van der Waals surface area contributed by atoms with Crippen LogP contribution in [0.15, 0.2) is 382 Å². The molecule has 2 fully saturated rings. The summed E-state index contributed by atoms with van der Waals surface area (Å²) >= 11 is 0. The minimum atomic E-state index is 0. The second-order valence-electron chi connectivity index (χ2n) is 26.6. The summed E-state index contributed by atoms with van der Waals surface area (Å²) in [6, 6.07) is 122. The van der Waals surface area contributed by atoms with Gasteiger partial charge in [-0.25, -0.2) is 9.97 Å². The Bertz CT molecular complexity index is 5950. The molecule has 2 saturated heterocycles. The third-order valence-electron chi connectivity index (χ3n) is 18.6. The first-order valence-corrected chi connectivity index (χ1v) is 37.1. The van der Waals surface area contributed by atoms with Gasteiger partial charge in [-0.15, -0.1) is 20.4 Å². The molecule has 2 radical (unpaired) electrons. The van der Waals surface area contributed by atoms with Crippen LogP contribution in [0.4, 0.5) is 34.1 Å². The number of anilines is 6. The second kappa shape index (κ2) is 37.9. The van der Waals surface area contributed by atoms with E-state index in [2.05, 4.69) is 244 Å². The summed E-state index contributed by atoms with van der Waals surface area (Å²) in [6.07, 6.45) is 0. The van der Waals surface area contributed by atoms with Gasteiger partial charge in [0.25, 0.3) is 0 Å². The molecule has 21 rings (SSSR count). The fourth-order valence-corrected chi connectivity index (χ4v) is 12.8. The van der Waals surface area contributed by atoms with Crippen LogP contribution in [-0.4, -0.2) is 68.6 Å². The summed E-state index contributed by atoms with van der Waals surface area (Å²) in [7, 11) is 3.50. The minimum absolute atomic E-state index is 0. The van der Waals surface area contributed by atoms with Gasteiger partial charge in [-0.2, -0.15) is 0 Å². The Morgan fingerprint density at radius 2 is 0.595 bits per heavy atom. The van der Waals surface area contributed by atoms with E-state index in [1.54, 1.807) is 51.4 Å². The number of hydrogen-bond donors (Lipinski definition) is 2. The van der Waals surface area contributed by atoms with E-state index < -0.39 is 0 Å². The molecule has 19 aromatic rings. The van der Waals surface area contributed by atoms with Crippen LogP contribution < -0.4 is 9.80 Å². The molecule has 116 heavy (non-hydrogen) atoms. The quantitative estimate of drug-likeness (QED) is 0.0814. The van der Waals surface area contributed by atoms with E-state index in [0.717, 1.165) is 91.6 Å². The zero-order valence-corrected chi connectivity index (χ0v) is 69.5. The van der Waals surface area contributed by atoms with Crippen molar-refractivity contribution >= 4 is 92.8 Å². The first kappa shape index (κ1) is 79.2. The zero-order valence-electron chi connectivity index (χ0n) is 63.5. The molecule has 6 heterocycles. The van der Waals surface area contributed by atoms with Crippen molar-refractivity contribution in [1.82, 2.24) is 30.4 Å². The van der Waals surface area contributed by atoms with Gasteiger partial charge in [-0.1, -0.05) is 223 Å². The monoisotopic (exact) mass is 1610 g/mol. The average molecular weight is 1620 g/mol. The molecule has 0 spiro atoms. The number of phenols is 2. The molecule has 16 nitrogen and oxygen atoms in total. The number of hydrogen-bond acceptors (Lipinski definition) is 16. The number of aromatic hydroxyl groups is 2. The largest absolute Gasteiger partial charge is 0.507 e. The van der Waals surface area contributed by atoms with Gasteiger partial charge >= 0.3 is 15.0 Å². The molecule has 2 aliphatic rings.